The molecular weight excluding hydrogens is 599 g/mol. The first kappa shape index (κ1) is 27.4. The maximum atomic E-state index is 13.4. The Balaban J connectivity index is 1.33. The van der Waals surface area contributed by atoms with E-state index in [2.05, 4.69) is 65.1 Å². The van der Waals surface area contributed by atoms with Crippen molar-refractivity contribution in [3.8, 4) is 11.1 Å². The smallest absolute Gasteiger partial charge is 0.229 e. The van der Waals surface area contributed by atoms with Crippen molar-refractivity contribution in [2.75, 3.05) is 55.0 Å². The van der Waals surface area contributed by atoms with Crippen LogP contribution in [-0.4, -0.2) is 59.3 Å². The lowest BCUT2D eigenvalue weighted by atomic mass is 10.0. The van der Waals surface area contributed by atoms with Crippen LogP contribution < -0.4 is 26.2 Å². The lowest BCUT2D eigenvalue weighted by molar-refractivity contribution is 0.588. The zero-order valence-electron chi connectivity index (χ0n) is 23.2. The van der Waals surface area contributed by atoms with Gasteiger partial charge in [0, 0.05) is 73.4 Å². The van der Waals surface area contributed by atoms with E-state index in [1.807, 2.05) is 60.5 Å². The zero-order valence-corrected chi connectivity index (χ0v) is 25.7. The molecule has 2 aromatic heterocycles. The number of nitrogens with zero attached hydrogens (tertiary/aromatic N) is 5. The predicted octanol–water partition coefficient (Wildman–Crippen LogP) is 5.94. The number of benzene rings is 3. The molecule has 3 N–H and O–H groups in total. The highest BCUT2D eigenvalue weighted by atomic mass is 79.9. The molecule has 41 heavy (non-hydrogen) atoms. The largest absolute Gasteiger partial charge is 0.368 e. The van der Waals surface area contributed by atoms with Gasteiger partial charge >= 0.3 is 0 Å². The van der Waals surface area contributed by atoms with Crippen LogP contribution in [0.25, 0.3) is 21.9 Å². The van der Waals surface area contributed by atoms with Crippen LogP contribution in [-0.2, 0) is 11.6 Å². The maximum Gasteiger partial charge on any atom is 0.229 e. The maximum absolute atomic E-state index is 13.4. The quantitative estimate of drug-likeness (QED) is 0.190. The summed E-state index contributed by atoms with van der Waals surface area (Å²) in [5, 5.41) is 17.5. The first-order valence-electron chi connectivity index (χ1n) is 13.5. The Morgan fingerprint density at radius 2 is 1.80 bits per heavy atom. The van der Waals surface area contributed by atoms with Gasteiger partial charge in [-0.1, -0.05) is 30.3 Å². The molecule has 0 spiro atoms. The fraction of sp³-hybridized carbons (Fsp3) is 0.233. The second kappa shape index (κ2) is 11.3. The van der Waals surface area contributed by atoms with E-state index in [-0.39, 0.29) is 0 Å². The minimum absolute atomic E-state index is 0.446. The SMILES string of the molecule is Cn1cc(-c2cc(Nc3ncc(Br)c(Nc4ccc5ccccc5c4P(C)(C)=O)n3)ccc2N2CCNCC2)cn1. The molecule has 0 unspecified atom stereocenters. The van der Waals surface area contributed by atoms with Gasteiger partial charge in [0.2, 0.25) is 5.95 Å². The van der Waals surface area contributed by atoms with Crippen LogP contribution >= 0.6 is 23.1 Å². The number of fused-ring (bicyclic) bond motifs is 1. The van der Waals surface area contributed by atoms with Crippen LogP contribution in [0, 0.1) is 0 Å². The predicted molar refractivity (Wildman–Crippen MR) is 173 cm³/mol. The highest BCUT2D eigenvalue weighted by Crippen LogP contribution is 2.42. The highest BCUT2D eigenvalue weighted by molar-refractivity contribution is 9.10. The normalized spacial score (nSPS) is 13.9. The van der Waals surface area contributed by atoms with Gasteiger partial charge in [-0.05, 0) is 64.3 Å². The third-order valence-electron chi connectivity index (χ3n) is 7.16. The summed E-state index contributed by atoms with van der Waals surface area (Å²) in [7, 11) is -0.694. The molecule has 1 fully saturated rings. The molecule has 0 bridgehead atoms. The van der Waals surface area contributed by atoms with Gasteiger partial charge in [0.1, 0.15) is 13.0 Å². The molecule has 1 aliphatic rings. The Bertz CT molecular complexity index is 1780. The van der Waals surface area contributed by atoms with Gasteiger partial charge in [-0.3, -0.25) is 4.68 Å². The van der Waals surface area contributed by atoms with Crippen molar-refractivity contribution in [3.63, 3.8) is 0 Å². The number of hydrogen-bond acceptors (Lipinski definition) is 8. The van der Waals surface area contributed by atoms with Gasteiger partial charge in [0.15, 0.2) is 0 Å². The molecule has 0 radical (unpaired) electrons. The molecule has 1 saturated heterocycles. The second-order valence-corrected chi connectivity index (χ2v) is 14.5. The zero-order chi connectivity index (χ0) is 28.6. The van der Waals surface area contributed by atoms with Crippen molar-refractivity contribution in [3.05, 3.63) is 77.7 Å². The Kier molecular flexibility index (Phi) is 7.55. The number of aryl methyl sites for hydroxylation is 1. The fourth-order valence-corrected chi connectivity index (χ4v) is 7.08. The Labute approximate surface area is 247 Å². The minimum Gasteiger partial charge on any atom is -0.368 e. The van der Waals surface area contributed by atoms with Crippen molar-refractivity contribution >= 4 is 68.0 Å². The number of anilines is 5. The number of aromatic nitrogens is 4. The average Bonchev–Trinajstić information content (AvgIpc) is 3.40. The molecule has 3 aromatic carbocycles. The van der Waals surface area contributed by atoms with Crippen molar-refractivity contribution < 1.29 is 4.57 Å². The standard InChI is InChI=1S/C30H32BrN8OP/c1-38-19-21(17-34-38)24-16-22(9-11-27(24)39-14-12-32-13-15-39)35-30-33-18-25(31)29(37-30)36-26-10-8-20-6-4-5-7-23(20)28(26)41(2,3)40/h4-11,16-19,32H,12-15H2,1-3H3,(H2,33,35,36,37). The number of halogens is 1. The van der Waals surface area contributed by atoms with Gasteiger partial charge in [-0.25, -0.2) is 4.98 Å². The van der Waals surface area contributed by atoms with Gasteiger partial charge in [0.05, 0.1) is 16.4 Å². The fourth-order valence-electron chi connectivity index (χ4n) is 5.29. The van der Waals surface area contributed by atoms with Crippen molar-refractivity contribution in [2.45, 2.75) is 0 Å². The first-order chi connectivity index (χ1) is 19.8. The summed E-state index contributed by atoms with van der Waals surface area (Å²) in [4.78, 5) is 11.7. The Morgan fingerprint density at radius 1 is 1.00 bits per heavy atom. The van der Waals surface area contributed by atoms with E-state index in [1.54, 1.807) is 19.5 Å². The molecule has 0 amide bonds. The molecule has 3 heterocycles. The van der Waals surface area contributed by atoms with Crippen molar-refractivity contribution in [2.24, 2.45) is 7.05 Å². The van der Waals surface area contributed by atoms with Crippen LogP contribution in [0.15, 0.2) is 77.7 Å². The first-order valence-corrected chi connectivity index (χ1v) is 16.9. The van der Waals surface area contributed by atoms with Crippen LogP contribution in [0.1, 0.15) is 0 Å². The second-order valence-electron chi connectivity index (χ2n) is 10.5. The van der Waals surface area contributed by atoms with E-state index in [0.717, 1.165) is 64.8 Å². The van der Waals surface area contributed by atoms with Crippen LogP contribution in [0.3, 0.4) is 0 Å². The number of hydrogen-bond donors (Lipinski definition) is 3. The van der Waals surface area contributed by atoms with Crippen LogP contribution in [0.4, 0.5) is 28.8 Å². The van der Waals surface area contributed by atoms with Crippen molar-refractivity contribution in [1.82, 2.24) is 25.1 Å². The molecule has 0 saturated carbocycles. The monoisotopic (exact) mass is 630 g/mol. The highest BCUT2D eigenvalue weighted by Gasteiger charge is 2.21. The summed E-state index contributed by atoms with van der Waals surface area (Å²) < 4.78 is 15.9. The summed E-state index contributed by atoms with van der Waals surface area (Å²) in [5.41, 5.74) is 4.96. The summed E-state index contributed by atoms with van der Waals surface area (Å²) >= 11 is 3.59. The summed E-state index contributed by atoms with van der Waals surface area (Å²) in [6, 6.07) is 18.3. The molecule has 0 aliphatic carbocycles. The molecule has 210 valence electrons. The number of piperazine rings is 1. The average molecular weight is 632 g/mol. The molecule has 11 heteroatoms. The van der Waals surface area contributed by atoms with E-state index in [4.69, 9.17) is 4.98 Å². The van der Waals surface area contributed by atoms with E-state index in [0.29, 0.717) is 16.2 Å². The topological polar surface area (TPSA) is 100 Å². The minimum atomic E-state index is -2.62. The molecule has 6 rings (SSSR count). The third kappa shape index (κ3) is 5.86. The van der Waals surface area contributed by atoms with Crippen LogP contribution in [0.5, 0.6) is 0 Å². The van der Waals surface area contributed by atoms with Gasteiger partial charge < -0.3 is 25.4 Å². The van der Waals surface area contributed by atoms with E-state index in [1.165, 1.54) is 5.69 Å². The van der Waals surface area contributed by atoms with E-state index >= 15 is 0 Å². The molecule has 1 aliphatic heterocycles. The number of nitrogens with one attached hydrogen (secondary N) is 3. The summed E-state index contributed by atoms with van der Waals surface area (Å²) in [5.74, 6) is 1.03. The van der Waals surface area contributed by atoms with Gasteiger partial charge in [0.25, 0.3) is 0 Å². The molecule has 9 nitrogen and oxygen atoms in total. The lowest BCUT2D eigenvalue weighted by Gasteiger charge is -2.31. The van der Waals surface area contributed by atoms with Crippen LogP contribution in [0.2, 0.25) is 0 Å². The van der Waals surface area contributed by atoms with E-state index < -0.39 is 7.14 Å². The third-order valence-corrected chi connectivity index (χ3v) is 9.30. The summed E-state index contributed by atoms with van der Waals surface area (Å²) in [6.45, 7) is 7.41. The molecular formula is C30H32BrN8OP. The van der Waals surface area contributed by atoms with E-state index in [9.17, 15) is 4.57 Å². The molecule has 0 atom stereocenters. The van der Waals surface area contributed by atoms with Gasteiger partial charge in [-0.2, -0.15) is 10.1 Å². The lowest BCUT2D eigenvalue weighted by Crippen LogP contribution is -2.43. The Morgan fingerprint density at radius 3 is 2.56 bits per heavy atom. The number of rotatable bonds is 7. The van der Waals surface area contributed by atoms with Gasteiger partial charge in [-0.15, -0.1) is 0 Å². The Hall–Kier alpha value is -3.72. The van der Waals surface area contributed by atoms with Crippen molar-refractivity contribution in [1.29, 1.82) is 0 Å². The molecule has 5 aromatic rings. The summed E-state index contributed by atoms with van der Waals surface area (Å²) in [6.07, 6.45) is 5.64.